The zero-order valence-corrected chi connectivity index (χ0v) is 20.5. The first-order valence-corrected chi connectivity index (χ1v) is 11.7. The molecule has 4 heterocycles. The van der Waals surface area contributed by atoms with Gasteiger partial charge in [0.2, 0.25) is 0 Å². The topological polar surface area (TPSA) is 120 Å². The van der Waals surface area contributed by atoms with Crippen LogP contribution in [0.3, 0.4) is 0 Å². The van der Waals surface area contributed by atoms with E-state index < -0.39 is 0 Å². The number of hydrogen-bond donors (Lipinski definition) is 3. The molecule has 0 saturated heterocycles. The average Bonchev–Trinajstić information content (AvgIpc) is 2.85. The summed E-state index contributed by atoms with van der Waals surface area (Å²) in [7, 11) is 0. The molecule has 3 aliphatic rings. The average molecular weight is 473 g/mol. The Morgan fingerprint density at radius 2 is 1.40 bits per heavy atom. The molecule has 0 atom stereocenters. The molecule has 0 aliphatic carbocycles. The summed E-state index contributed by atoms with van der Waals surface area (Å²) in [6.07, 6.45) is 2.41. The minimum absolute atomic E-state index is 0.469. The second-order valence-corrected chi connectivity index (χ2v) is 8.81. The molecule has 8 nitrogen and oxygen atoms in total. The molecule has 0 fully saturated rings. The van der Waals surface area contributed by atoms with Crippen LogP contribution in [0.25, 0.3) is 0 Å². The number of hydrogen-bond acceptors (Lipinski definition) is 8. The van der Waals surface area contributed by atoms with E-state index in [0.717, 1.165) is 40.3 Å². The largest absolute Gasteiger partial charge is 0.389 e. The first kappa shape index (κ1) is 24.1. The predicted octanol–water partition coefficient (Wildman–Crippen LogP) is 4.04. The van der Waals surface area contributed by atoms with Crippen molar-refractivity contribution in [3.8, 4) is 0 Å². The fourth-order valence-corrected chi connectivity index (χ4v) is 4.01. The SMILES string of the molecule is Cc1ccc2c(c1)C(N)=NOC2.Cc1ccc2c(c1)CON=C2N.Cc1ccc2c(n1)NCCC2. The Morgan fingerprint density at radius 1 is 0.743 bits per heavy atom. The van der Waals surface area contributed by atoms with E-state index in [-0.39, 0.29) is 0 Å². The van der Waals surface area contributed by atoms with Crippen molar-refractivity contribution < 1.29 is 9.68 Å². The first-order valence-electron chi connectivity index (χ1n) is 11.7. The van der Waals surface area contributed by atoms with E-state index in [4.69, 9.17) is 21.1 Å². The highest BCUT2D eigenvalue weighted by Gasteiger charge is 2.13. The summed E-state index contributed by atoms with van der Waals surface area (Å²) in [6, 6.07) is 16.4. The maximum absolute atomic E-state index is 5.64. The number of fused-ring (bicyclic) bond motifs is 3. The molecule has 3 aromatic rings. The Morgan fingerprint density at radius 3 is 2.20 bits per heavy atom. The van der Waals surface area contributed by atoms with Crippen LogP contribution in [-0.2, 0) is 29.3 Å². The second-order valence-electron chi connectivity index (χ2n) is 8.81. The summed E-state index contributed by atoms with van der Waals surface area (Å²) in [5.41, 5.74) is 20.3. The van der Waals surface area contributed by atoms with E-state index in [1.807, 2.05) is 51.1 Å². The molecular formula is C27H32N6O2. The molecule has 1 aromatic heterocycles. The van der Waals surface area contributed by atoms with Crippen molar-refractivity contribution in [2.75, 3.05) is 11.9 Å². The number of aromatic nitrogens is 1. The van der Waals surface area contributed by atoms with Crippen molar-refractivity contribution in [1.29, 1.82) is 0 Å². The van der Waals surface area contributed by atoms with E-state index >= 15 is 0 Å². The summed E-state index contributed by atoms with van der Waals surface area (Å²) in [5, 5.41) is 10.7. The number of pyridine rings is 1. The quantitative estimate of drug-likeness (QED) is 0.454. The highest BCUT2D eigenvalue weighted by atomic mass is 16.6. The van der Waals surface area contributed by atoms with Gasteiger partial charge in [-0.15, -0.1) is 0 Å². The van der Waals surface area contributed by atoms with Gasteiger partial charge in [-0.25, -0.2) is 4.98 Å². The lowest BCUT2D eigenvalue weighted by Gasteiger charge is -2.16. The summed E-state index contributed by atoms with van der Waals surface area (Å²) in [5.74, 6) is 2.03. The molecule has 182 valence electrons. The Balaban J connectivity index is 0.000000124. The van der Waals surface area contributed by atoms with Crippen LogP contribution in [-0.4, -0.2) is 23.2 Å². The van der Waals surface area contributed by atoms with Crippen LogP contribution in [0.2, 0.25) is 0 Å². The Bertz CT molecular complexity index is 1270. The van der Waals surface area contributed by atoms with Crippen molar-refractivity contribution in [1.82, 2.24) is 4.98 Å². The van der Waals surface area contributed by atoms with Crippen molar-refractivity contribution in [2.24, 2.45) is 21.8 Å². The molecule has 8 heteroatoms. The minimum atomic E-state index is 0.469. The molecule has 35 heavy (non-hydrogen) atoms. The van der Waals surface area contributed by atoms with Crippen LogP contribution < -0.4 is 16.8 Å². The van der Waals surface area contributed by atoms with E-state index in [1.165, 1.54) is 29.5 Å². The maximum atomic E-state index is 5.64. The number of oxime groups is 2. The van der Waals surface area contributed by atoms with E-state index in [1.54, 1.807) is 0 Å². The molecule has 0 unspecified atom stereocenters. The summed E-state index contributed by atoms with van der Waals surface area (Å²) >= 11 is 0. The standard InChI is InChI=1S/2C9H10N2O.C9H12N2/c1-6-2-3-8-7(4-6)5-12-11-9(8)10;1-6-2-3-7-5-12-11-9(10)8(7)4-6;1-7-4-5-8-3-2-6-10-9(8)11-7/h2*2-4H,5H2,1H3,(H2,10,11);4-5H,2-3,6H2,1H3,(H,10,11). The number of amidine groups is 2. The lowest BCUT2D eigenvalue weighted by molar-refractivity contribution is 0.125. The van der Waals surface area contributed by atoms with Crippen LogP contribution >= 0.6 is 0 Å². The third-order valence-corrected chi connectivity index (χ3v) is 5.88. The normalized spacial score (nSPS) is 14.8. The van der Waals surface area contributed by atoms with Gasteiger partial charge in [-0.3, -0.25) is 0 Å². The molecular weight excluding hydrogens is 440 g/mol. The van der Waals surface area contributed by atoms with Gasteiger partial charge < -0.3 is 26.5 Å². The maximum Gasteiger partial charge on any atom is 0.170 e. The highest BCUT2D eigenvalue weighted by Crippen LogP contribution is 2.19. The van der Waals surface area contributed by atoms with Gasteiger partial charge >= 0.3 is 0 Å². The zero-order valence-electron chi connectivity index (χ0n) is 20.5. The number of aryl methyl sites for hydroxylation is 4. The molecule has 0 radical (unpaired) electrons. The number of rotatable bonds is 0. The molecule has 3 aliphatic heterocycles. The molecule has 0 spiro atoms. The van der Waals surface area contributed by atoms with Gasteiger partial charge in [-0.2, -0.15) is 0 Å². The Hall–Kier alpha value is -4.07. The van der Waals surface area contributed by atoms with Crippen LogP contribution in [0.1, 0.15) is 51.1 Å². The zero-order chi connectivity index (χ0) is 24.8. The lowest BCUT2D eigenvalue weighted by Crippen LogP contribution is -2.20. The van der Waals surface area contributed by atoms with Gasteiger partial charge in [0.15, 0.2) is 11.7 Å². The first-order chi connectivity index (χ1) is 16.9. The number of benzene rings is 2. The summed E-state index contributed by atoms with van der Waals surface area (Å²) in [6.45, 7) is 8.22. The Kier molecular flexibility index (Phi) is 7.50. The van der Waals surface area contributed by atoms with Crippen LogP contribution in [0, 0.1) is 20.8 Å². The fourth-order valence-electron chi connectivity index (χ4n) is 4.01. The summed E-state index contributed by atoms with van der Waals surface area (Å²) < 4.78 is 0. The van der Waals surface area contributed by atoms with Gasteiger partial charge in [-0.1, -0.05) is 57.8 Å². The van der Waals surface area contributed by atoms with Gasteiger partial charge in [0.25, 0.3) is 0 Å². The lowest BCUT2D eigenvalue weighted by atomic mass is 10.0. The monoisotopic (exact) mass is 472 g/mol. The van der Waals surface area contributed by atoms with Crippen LogP contribution in [0.15, 0.2) is 58.8 Å². The van der Waals surface area contributed by atoms with Gasteiger partial charge in [0.05, 0.1) is 0 Å². The molecule has 5 N–H and O–H groups in total. The van der Waals surface area contributed by atoms with Crippen molar-refractivity contribution in [3.05, 3.63) is 93.2 Å². The second kappa shape index (κ2) is 10.9. The molecule has 2 aromatic carbocycles. The third kappa shape index (κ3) is 6.09. The summed E-state index contributed by atoms with van der Waals surface area (Å²) in [4.78, 5) is 14.2. The van der Waals surface area contributed by atoms with E-state index in [9.17, 15) is 0 Å². The third-order valence-electron chi connectivity index (χ3n) is 5.88. The number of nitrogens with zero attached hydrogens (tertiary/aromatic N) is 3. The smallest absolute Gasteiger partial charge is 0.170 e. The fraction of sp³-hybridized carbons (Fsp3) is 0.296. The van der Waals surface area contributed by atoms with Gasteiger partial charge in [0, 0.05) is 34.5 Å². The molecule has 6 rings (SSSR count). The molecule has 0 amide bonds. The minimum Gasteiger partial charge on any atom is -0.389 e. The molecule has 0 bridgehead atoms. The van der Waals surface area contributed by atoms with Gasteiger partial charge in [0.1, 0.15) is 19.0 Å². The van der Waals surface area contributed by atoms with E-state index in [2.05, 4.69) is 38.8 Å². The van der Waals surface area contributed by atoms with E-state index in [0.29, 0.717) is 24.9 Å². The molecule has 0 saturated carbocycles. The Labute approximate surface area is 206 Å². The van der Waals surface area contributed by atoms with Crippen molar-refractivity contribution >= 4 is 17.5 Å². The van der Waals surface area contributed by atoms with Crippen LogP contribution in [0.4, 0.5) is 5.82 Å². The number of anilines is 1. The highest BCUT2D eigenvalue weighted by molar-refractivity contribution is 5.99. The number of nitrogens with two attached hydrogens (primary N) is 2. The number of nitrogens with one attached hydrogen (secondary N) is 1. The van der Waals surface area contributed by atoms with Crippen LogP contribution in [0.5, 0.6) is 0 Å². The van der Waals surface area contributed by atoms with Gasteiger partial charge in [-0.05, 0) is 51.3 Å². The van der Waals surface area contributed by atoms with Crippen molar-refractivity contribution in [2.45, 2.75) is 46.8 Å². The predicted molar refractivity (Wildman–Crippen MR) is 139 cm³/mol. The van der Waals surface area contributed by atoms with Crippen molar-refractivity contribution in [3.63, 3.8) is 0 Å².